The maximum absolute atomic E-state index is 10.2. The molecule has 0 saturated carbocycles. The smallest absolute Gasteiger partial charge is 0.108 e. The predicted octanol–water partition coefficient (Wildman–Crippen LogP) is 3.68. The Labute approximate surface area is 88.5 Å². The van der Waals surface area contributed by atoms with E-state index in [1.807, 2.05) is 30.3 Å². The van der Waals surface area contributed by atoms with E-state index in [0.29, 0.717) is 5.69 Å². The number of nitroso groups, excluding NO2 is 1. The molecule has 74 valence electrons. The molecule has 2 nitrogen and oxygen atoms in total. The third-order valence-electron chi connectivity index (χ3n) is 2.29. The highest BCUT2D eigenvalue weighted by molar-refractivity contribution is 5.39. The highest BCUT2D eigenvalue weighted by Crippen LogP contribution is 2.15. The summed E-state index contributed by atoms with van der Waals surface area (Å²) in [5.41, 5.74) is 2.93. The quantitative estimate of drug-likeness (QED) is 0.690. The molecular weight excluding hydrogens is 186 g/mol. The molecule has 0 radical (unpaired) electrons. The average molecular weight is 197 g/mol. The summed E-state index contributed by atoms with van der Waals surface area (Å²) in [4.78, 5) is 10.2. The van der Waals surface area contributed by atoms with Crippen molar-refractivity contribution >= 4 is 5.69 Å². The van der Waals surface area contributed by atoms with Crippen molar-refractivity contribution < 1.29 is 0 Å². The van der Waals surface area contributed by atoms with Crippen LogP contribution in [0.3, 0.4) is 0 Å². The van der Waals surface area contributed by atoms with Gasteiger partial charge in [-0.15, -0.1) is 4.91 Å². The van der Waals surface area contributed by atoms with E-state index >= 15 is 0 Å². The number of nitrogens with zero attached hydrogens (tertiary/aromatic N) is 1. The summed E-state index contributed by atoms with van der Waals surface area (Å²) in [5.74, 6) is 0. The van der Waals surface area contributed by atoms with Gasteiger partial charge in [0.05, 0.1) is 0 Å². The normalized spacial score (nSPS) is 9.87. The zero-order valence-corrected chi connectivity index (χ0v) is 8.26. The Morgan fingerprint density at radius 1 is 0.800 bits per heavy atom. The zero-order valence-electron chi connectivity index (χ0n) is 8.26. The minimum atomic E-state index is 0.479. The van der Waals surface area contributed by atoms with Gasteiger partial charge in [-0.25, -0.2) is 0 Å². The van der Waals surface area contributed by atoms with E-state index in [1.165, 1.54) is 11.1 Å². The third-order valence-corrected chi connectivity index (χ3v) is 2.29. The molecule has 0 aliphatic carbocycles. The molecule has 0 unspecified atom stereocenters. The van der Waals surface area contributed by atoms with Crippen LogP contribution in [0, 0.1) is 4.91 Å². The molecule has 0 spiro atoms. The van der Waals surface area contributed by atoms with Crippen molar-refractivity contribution in [2.45, 2.75) is 6.42 Å². The summed E-state index contributed by atoms with van der Waals surface area (Å²) in [6, 6.07) is 17.6. The first-order valence-corrected chi connectivity index (χ1v) is 4.85. The Balaban J connectivity index is 2.15. The van der Waals surface area contributed by atoms with Gasteiger partial charge in [0.1, 0.15) is 5.69 Å². The SMILES string of the molecule is O=Nc1ccc(Cc2ccccc2)cc1. The zero-order chi connectivity index (χ0) is 10.5. The minimum absolute atomic E-state index is 0.479. The average Bonchev–Trinajstić information content (AvgIpc) is 2.31. The van der Waals surface area contributed by atoms with Crippen LogP contribution >= 0.6 is 0 Å². The predicted molar refractivity (Wildman–Crippen MR) is 61.1 cm³/mol. The fourth-order valence-electron chi connectivity index (χ4n) is 1.51. The highest BCUT2D eigenvalue weighted by atomic mass is 16.3. The molecule has 0 aliphatic rings. The molecule has 2 rings (SSSR count). The van der Waals surface area contributed by atoms with E-state index in [2.05, 4.69) is 17.3 Å². The Bertz CT molecular complexity index is 434. The summed E-state index contributed by atoms with van der Waals surface area (Å²) in [7, 11) is 0. The van der Waals surface area contributed by atoms with Gasteiger partial charge in [0.15, 0.2) is 0 Å². The van der Waals surface area contributed by atoms with Gasteiger partial charge in [0.2, 0.25) is 0 Å². The first-order chi connectivity index (χ1) is 7.38. The number of rotatable bonds is 3. The van der Waals surface area contributed by atoms with Crippen molar-refractivity contribution in [3.63, 3.8) is 0 Å². The minimum Gasteiger partial charge on any atom is -0.145 e. The van der Waals surface area contributed by atoms with Gasteiger partial charge in [-0.1, -0.05) is 42.5 Å². The molecule has 0 heterocycles. The molecule has 2 aromatic carbocycles. The molecule has 2 aromatic rings. The van der Waals surface area contributed by atoms with E-state index in [-0.39, 0.29) is 0 Å². The van der Waals surface area contributed by atoms with Crippen molar-refractivity contribution in [3.8, 4) is 0 Å². The van der Waals surface area contributed by atoms with Crippen LogP contribution < -0.4 is 0 Å². The van der Waals surface area contributed by atoms with Crippen molar-refractivity contribution in [3.05, 3.63) is 70.6 Å². The molecule has 0 fully saturated rings. The lowest BCUT2D eigenvalue weighted by molar-refractivity contribution is 1.19. The molecule has 0 aromatic heterocycles. The molecular formula is C13H11NO. The second-order valence-electron chi connectivity index (χ2n) is 3.42. The van der Waals surface area contributed by atoms with Crippen LogP contribution in [-0.4, -0.2) is 0 Å². The second-order valence-corrected chi connectivity index (χ2v) is 3.42. The lowest BCUT2D eigenvalue weighted by atomic mass is 10.1. The van der Waals surface area contributed by atoms with E-state index in [1.54, 1.807) is 12.1 Å². The standard InChI is InChI=1S/C13H11NO/c15-14-13-8-6-12(7-9-13)10-11-4-2-1-3-5-11/h1-9H,10H2. The molecule has 15 heavy (non-hydrogen) atoms. The maximum atomic E-state index is 10.2. The van der Waals surface area contributed by atoms with Crippen LogP contribution in [0.5, 0.6) is 0 Å². The van der Waals surface area contributed by atoms with Gasteiger partial charge in [0, 0.05) is 0 Å². The first kappa shape index (κ1) is 9.59. The van der Waals surface area contributed by atoms with Gasteiger partial charge in [-0.3, -0.25) is 0 Å². The molecule has 0 bridgehead atoms. The molecule has 0 amide bonds. The highest BCUT2D eigenvalue weighted by Gasteiger charge is 1.96. The van der Waals surface area contributed by atoms with Gasteiger partial charge in [-0.05, 0) is 34.9 Å². The van der Waals surface area contributed by atoms with Crippen LogP contribution in [-0.2, 0) is 6.42 Å². The second kappa shape index (κ2) is 4.51. The number of benzene rings is 2. The lowest BCUT2D eigenvalue weighted by Crippen LogP contribution is -1.86. The monoisotopic (exact) mass is 197 g/mol. The maximum Gasteiger partial charge on any atom is 0.108 e. The summed E-state index contributed by atoms with van der Waals surface area (Å²) < 4.78 is 0. The van der Waals surface area contributed by atoms with E-state index in [4.69, 9.17) is 0 Å². The van der Waals surface area contributed by atoms with Crippen molar-refractivity contribution in [1.29, 1.82) is 0 Å². The summed E-state index contributed by atoms with van der Waals surface area (Å²) in [6.45, 7) is 0. The third kappa shape index (κ3) is 2.50. The summed E-state index contributed by atoms with van der Waals surface area (Å²) in [6.07, 6.45) is 0.889. The molecule has 2 heteroatoms. The largest absolute Gasteiger partial charge is 0.145 e. The molecule has 0 saturated heterocycles. The van der Waals surface area contributed by atoms with E-state index < -0.39 is 0 Å². The van der Waals surface area contributed by atoms with Crippen LogP contribution in [0.25, 0.3) is 0 Å². The Morgan fingerprint density at radius 2 is 1.40 bits per heavy atom. The van der Waals surface area contributed by atoms with Crippen LogP contribution in [0.2, 0.25) is 0 Å². The fourth-order valence-corrected chi connectivity index (χ4v) is 1.51. The first-order valence-electron chi connectivity index (χ1n) is 4.85. The summed E-state index contributed by atoms with van der Waals surface area (Å²) in [5, 5.41) is 2.87. The number of hydrogen-bond acceptors (Lipinski definition) is 2. The van der Waals surface area contributed by atoms with Gasteiger partial charge in [-0.2, -0.15) is 0 Å². The van der Waals surface area contributed by atoms with E-state index in [9.17, 15) is 4.91 Å². The van der Waals surface area contributed by atoms with Crippen molar-refractivity contribution in [1.82, 2.24) is 0 Å². The summed E-state index contributed by atoms with van der Waals surface area (Å²) >= 11 is 0. The molecule has 0 N–H and O–H groups in total. The Morgan fingerprint density at radius 3 is 2.00 bits per heavy atom. The van der Waals surface area contributed by atoms with Gasteiger partial charge < -0.3 is 0 Å². The van der Waals surface area contributed by atoms with Crippen LogP contribution in [0.1, 0.15) is 11.1 Å². The van der Waals surface area contributed by atoms with Gasteiger partial charge in [0.25, 0.3) is 0 Å². The topological polar surface area (TPSA) is 29.4 Å². The van der Waals surface area contributed by atoms with Gasteiger partial charge >= 0.3 is 0 Å². The van der Waals surface area contributed by atoms with Crippen LogP contribution in [0.4, 0.5) is 5.69 Å². The molecule has 0 atom stereocenters. The Hall–Kier alpha value is -1.96. The van der Waals surface area contributed by atoms with Crippen molar-refractivity contribution in [2.75, 3.05) is 0 Å². The van der Waals surface area contributed by atoms with Crippen molar-refractivity contribution in [2.24, 2.45) is 5.18 Å². The fraction of sp³-hybridized carbons (Fsp3) is 0.0769. The molecule has 0 aliphatic heterocycles. The van der Waals surface area contributed by atoms with Crippen LogP contribution in [0.15, 0.2) is 59.8 Å². The number of hydrogen-bond donors (Lipinski definition) is 0. The lowest BCUT2D eigenvalue weighted by Gasteiger charge is -2.01. The van der Waals surface area contributed by atoms with E-state index in [0.717, 1.165) is 6.42 Å². The Kier molecular flexibility index (Phi) is 2.88.